The van der Waals surface area contributed by atoms with Crippen LogP contribution in [0.2, 0.25) is 0 Å². The van der Waals surface area contributed by atoms with Crippen molar-refractivity contribution in [3.63, 3.8) is 0 Å². The topological polar surface area (TPSA) is 21.3 Å². The molecule has 1 aliphatic rings. The second kappa shape index (κ2) is 2.28. The van der Waals surface area contributed by atoms with Crippen molar-refractivity contribution < 1.29 is 7.48 Å². The number of hydrogen-bond donors (Lipinski definition) is 1. The van der Waals surface area contributed by atoms with Gasteiger partial charge in [0, 0.05) is 15.3 Å². The molecule has 1 fully saturated rings. The van der Waals surface area contributed by atoms with Crippen molar-refractivity contribution in [2.45, 2.75) is 13.0 Å². The number of morpholine rings is 1. The molecule has 42 valence electrons. The summed E-state index contributed by atoms with van der Waals surface area (Å²) in [6.07, 6.45) is 0. The molecule has 0 aromatic rings. The van der Waals surface area contributed by atoms with Crippen LogP contribution in [0.1, 0.15) is 9.67 Å². The van der Waals surface area contributed by atoms with Crippen LogP contribution in [0.15, 0.2) is 0 Å². The van der Waals surface area contributed by atoms with E-state index >= 15 is 0 Å². The van der Waals surface area contributed by atoms with Gasteiger partial charge in [0.1, 0.15) is 0 Å². The van der Waals surface area contributed by atoms with Gasteiger partial charge in [0.2, 0.25) is 0 Å². The third-order valence-electron chi connectivity index (χ3n) is 0.891. The van der Waals surface area contributed by atoms with E-state index < -0.39 is 6.50 Å². The average molecular weight is 103 g/mol. The summed E-state index contributed by atoms with van der Waals surface area (Å²) >= 11 is 0. The maximum atomic E-state index is 7.19. The van der Waals surface area contributed by atoms with E-state index in [2.05, 4.69) is 5.32 Å². The maximum Gasteiger partial charge on any atom is 0.0617 e. The molecular formula is C5H11NO. The summed E-state index contributed by atoms with van der Waals surface area (Å²) in [5.74, 6) is 0. The fourth-order valence-electron chi connectivity index (χ4n) is 0.544. The highest BCUT2D eigenvalue weighted by Crippen LogP contribution is 1.88. The minimum Gasteiger partial charge on any atom is -0.379 e. The van der Waals surface area contributed by atoms with E-state index in [-0.39, 0.29) is 12.6 Å². The Morgan fingerprint density at radius 2 is 2.86 bits per heavy atom. The zero-order valence-corrected chi connectivity index (χ0v) is 4.40. The molecule has 2 heteroatoms. The fourth-order valence-corrected chi connectivity index (χ4v) is 0.544. The normalized spacial score (nSPS) is 44.4. The molecule has 7 heavy (non-hydrogen) atoms. The molecule has 1 N–H and O–H groups in total. The van der Waals surface area contributed by atoms with Crippen LogP contribution in [0.25, 0.3) is 0 Å². The van der Waals surface area contributed by atoms with Gasteiger partial charge in [-0.25, -0.2) is 0 Å². The molecule has 1 aliphatic heterocycles. The first kappa shape index (κ1) is 3.05. The summed E-state index contributed by atoms with van der Waals surface area (Å²) < 4.78 is 19.3. The first-order valence-electron chi connectivity index (χ1n) is 3.46. The van der Waals surface area contributed by atoms with Crippen LogP contribution in [0.4, 0.5) is 0 Å². The van der Waals surface area contributed by atoms with Crippen molar-refractivity contribution in [2.24, 2.45) is 0 Å². The molecule has 0 spiro atoms. The highest BCUT2D eigenvalue weighted by Gasteiger charge is 2.04. The lowest BCUT2D eigenvalue weighted by Crippen LogP contribution is -2.38. The van der Waals surface area contributed by atoms with E-state index in [0.29, 0.717) is 6.61 Å². The quantitative estimate of drug-likeness (QED) is 0.466. The maximum absolute atomic E-state index is 7.19. The largest absolute Gasteiger partial charge is 0.379 e. The highest BCUT2D eigenvalue weighted by molar-refractivity contribution is 4.62. The van der Waals surface area contributed by atoms with E-state index in [9.17, 15) is 0 Å². The molecule has 1 saturated heterocycles. The number of ether oxygens (including phenoxy) is 1. The van der Waals surface area contributed by atoms with E-state index in [1.807, 2.05) is 6.92 Å². The van der Waals surface area contributed by atoms with Crippen LogP contribution in [-0.2, 0) is 4.74 Å². The molecule has 0 bridgehead atoms. The van der Waals surface area contributed by atoms with Crippen molar-refractivity contribution in [1.29, 1.82) is 0 Å². The summed E-state index contributed by atoms with van der Waals surface area (Å²) in [5.41, 5.74) is 0. The van der Waals surface area contributed by atoms with E-state index in [1.165, 1.54) is 0 Å². The average Bonchev–Trinajstić information content (AvgIpc) is 1.60. The van der Waals surface area contributed by atoms with Crippen LogP contribution in [-0.4, -0.2) is 25.8 Å². The molecule has 1 atom stereocenters. The van der Waals surface area contributed by atoms with Gasteiger partial charge in [0.05, 0.1) is 13.2 Å². The molecule has 0 aromatic heterocycles. The van der Waals surface area contributed by atoms with Gasteiger partial charge in [-0.3, -0.25) is 0 Å². The SMILES string of the molecule is [2H]C1([2H])COC[C@H](C)N1. The van der Waals surface area contributed by atoms with Crippen molar-refractivity contribution in [3.8, 4) is 0 Å². The Hall–Kier alpha value is -0.0800. The van der Waals surface area contributed by atoms with Gasteiger partial charge in [-0.05, 0) is 6.92 Å². The molecule has 1 rings (SSSR count). The zero-order chi connectivity index (χ0) is 6.91. The van der Waals surface area contributed by atoms with Crippen molar-refractivity contribution in [2.75, 3.05) is 19.7 Å². The highest BCUT2D eigenvalue weighted by atomic mass is 16.5. The zero-order valence-electron chi connectivity index (χ0n) is 6.40. The van der Waals surface area contributed by atoms with Crippen LogP contribution in [0, 0.1) is 0 Å². The smallest absolute Gasteiger partial charge is 0.0617 e. The number of hydrogen-bond acceptors (Lipinski definition) is 2. The fraction of sp³-hybridized carbons (Fsp3) is 1.00. The van der Waals surface area contributed by atoms with Crippen LogP contribution < -0.4 is 5.32 Å². The Morgan fingerprint density at radius 1 is 2.00 bits per heavy atom. The van der Waals surface area contributed by atoms with E-state index in [4.69, 9.17) is 7.48 Å². The molecule has 0 aromatic carbocycles. The number of rotatable bonds is 0. The van der Waals surface area contributed by atoms with E-state index in [0.717, 1.165) is 0 Å². The van der Waals surface area contributed by atoms with E-state index in [1.54, 1.807) is 0 Å². The van der Waals surface area contributed by atoms with Gasteiger partial charge in [-0.1, -0.05) is 0 Å². The Bertz CT molecular complexity index is 107. The van der Waals surface area contributed by atoms with Crippen molar-refractivity contribution in [3.05, 3.63) is 0 Å². The summed E-state index contributed by atoms with van der Waals surface area (Å²) in [4.78, 5) is 0. The second-order valence-electron chi connectivity index (χ2n) is 1.74. The van der Waals surface area contributed by atoms with Crippen LogP contribution in [0.5, 0.6) is 0 Å². The summed E-state index contributed by atoms with van der Waals surface area (Å²) in [6, 6.07) is 0.133. The van der Waals surface area contributed by atoms with Crippen molar-refractivity contribution >= 4 is 0 Å². The Balaban J connectivity index is 2.41. The molecule has 0 saturated carbocycles. The Morgan fingerprint density at radius 3 is 3.29 bits per heavy atom. The Labute approximate surface area is 46.7 Å². The van der Waals surface area contributed by atoms with Gasteiger partial charge in [-0.2, -0.15) is 0 Å². The summed E-state index contributed by atoms with van der Waals surface area (Å²) in [6.45, 7) is 1.35. The predicted molar refractivity (Wildman–Crippen MR) is 28.3 cm³/mol. The third-order valence-corrected chi connectivity index (χ3v) is 0.891. The first-order valence-corrected chi connectivity index (χ1v) is 2.46. The lowest BCUT2D eigenvalue weighted by molar-refractivity contribution is 0.0824. The molecule has 0 amide bonds. The van der Waals surface area contributed by atoms with Gasteiger partial charge >= 0.3 is 0 Å². The standard InChI is InChI=1S/C5H11NO/c1-5-4-7-3-2-6-5/h5-6H,2-4H2,1H3/t5-/m0/s1/i2D2. The van der Waals surface area contributed by atoms with Crippen LogP contribution >= 0.6 is 0 Å². The molecule has 0 aliphatic carbocycles. The molecule has 1 heterocycles. The van der Waals surface area contributed by atoms with Gasteiger partial charge in [0.15, 0.2) is 0 Å². The summed E-state index contributed by atoms with van der Waals surface area (Å²) in [5, 5.41) is 2.76. The summed E-state index contributed by atoms with van der Waals surface area (Å²) in [7, 11) is 0. The van der Waals surface area contributed by atoms with Crippen LogP contribution in [0.3, 0.4) is 0 Å². The lowest BCUT2D eigenvalue weighted by atomic mass is 10.3. The predicted octanol–water partition coefficient (Wildman–Crippen LogP) is -0.00530. The van der Waals surface area contributed by atoms with Gasteiger partial charge in [-0.15, -0.1) is 0 Å². The Kier molecular flexibility index (Phi) is 0.995. The third kappa shape index (κ3) is 1.45. The first-order chi connectivity index (χ1) is 4.10. The van der Waals surface area contributed by atoms with Gasteiger partial charge < -0.3 is 10.1 Å². The minimum absolute atomic E-state index is 0.133. The molecule has 0 unspecified atom stereocenters. The van der Waals surface area contributed by atoms with Gasteiger partial charge in [0.25, 0.3) is 0 Å². The molecule has 0 radical (unpaired) electrons. The molecular weight excluding hydrogens is 90.1 g/mol. The van der Waals surface area contributed by atoms with Crippen molar-refractivity contribution in [1.82, 2.24) is 5.32 Å². The number of nitrogens with one attached hydrogen (secondary N) is 1. The molecule has 2 nitrogen and oxygen atoms in total. The minimum atomic E-state index is -1.32. The lowest BCUT2D eigenvalue weighted by Gasteiger charge is -2.19. The second-order valence-corrected chi connectivity index (χ2v) is 1.74. The monoisotopic (exact) mass is 103 g/mol.